The summed E-state index contributed by atoms with van der Waals surface area (Å²) in [7, 11) is 1.85. The number of guanidine groups is 1. The summed E-state index contributed by atoms with van der Waals surface area (Å²) in [5, 5.41) is 8.38. The zero-order valence-corrected chi connectivity index (χ0v) is 18.0. The highest BCUT2D eigenvalue weighted by Gasteiger charge is 2.21. The van der Waals surface area contributed by atoms with Crippen molar-refractivity contribution >= 4 is 17.6 Å². The number of nitrogens with zero attached hydrogens (tertiary/aromatic N) is 4. The Balaban J connectivity index is 1.49. The summed E-state index contributed by atoms with van der Waals surface area (Å²) in [5.41, 5.74) is 3.46. The molecule has 1 saturated heterocycles. The molecule has 6 nitrogen and oxygen atoms in total. The number of halogens is 1. The molecule has 1 N–H and O–H groups in total. The highest BCUT2D eigenvalue weighted by atomic mass is 35.5. The quantitative estimate of drug-likeness (QED) is 0.612. The van der Waals surface area contributed by atoms with Gasteiger partial charge in [-0.05, 0) is 31.5 Å². The maximum atomic E-state index is 5.98. The molecule has 0 bridgehead atoms. The first kappa shape index (κ1) is 20.7. The van der Waals surface area contributed by atoms with Gasteiger partial charge in [-0.3, -0.25) is 9.89 Å². The van der Waals surface area contributed by atoms with E-state index >= 15 is 0 Å². The molecule has 3 rings (SSSR count). The molecule has 28 heavy (non-hydrogen) atoms. The van der Waals surface area contributed by atoms with Crippen LogP contribution in [0.2, 0.25) is 5.02 Å². The normalized spacial score (nSPS) is 17.0. The third-order valence-corrected chi connectivity index (χ3v) is 5.60. The van der Waals surface area contributed by atoms with Gasteiger partial charge in [-0.1, -0.05) is 35.8 Å². The van der Waals surface area contributed by atoms with Gasteiger partial charge in [-0.25, -0.2) is 0 Å². The van der Waals surface area contributed by atoms with E-state index in [-0.39, 0.29) is 0 Å². The summed E-state index contributed by atoms with van der Waals surface area (Å²) in [4.78, 5) is 9.29. The van der Waals surface area contributed by atoms with E-state index < -0.39 is 0 Å². The Kier molecular flexibility index (Phi) is 6.97. The van der Waals surface area contributed by atoms with Crippen molar-refractivity contribution in [2.24, 2.45) is 4.99 Å². The summed E-state index contributed by atoms with van der Waals surface area (Å²) in [5.74, 6) is 2.18. The fourth-order valence-corrected chi connectivity index (χ4v) is 3.96. The predicted molar refractivity (Wildman–Crippen MR) is 114 cm³/mol. The Hall–Kier alpha value is -2.05. The number of aliphatic imine (C=N–C) groups is 1. The molecule has 1 atom stereocenters. The lowest BCUT2D eigenvalue weighted by atomic mass is 10.00. The molecule has 1 aromatic carbocycles. The van der Waals surface area contributed by atoms with Crippen LogP contribution in [0.5, 0.6) is 0 Å². The highest BCUT2D eigenvalue weighted by Crippen LogP contribution is 2.22. The SMILES string of the molecule is CN=C(NCC(C)c1c(C)noc1C)N1CCN(Cc2ccc(Cl)cc2)CC1. The van der Waals surface area contributed by atoms with Gasteiger partial charge in [-0.2, -0.15) is 0 Å². The van der Waals surface area contributed by atoms with Crippen LogP contribution in [0.1, 0.15) is 35.4 Å². The number of rotatable bonds is 5. The lowest BCUT2D eigenvalue weighted by molar-refractivity contribution is 0.172. The topological polar surface area (TPSA) is 56.9 Å². The standard InChI is InChI=1S/C21H30ClN5O/c1-15(20-16(2)25-28-17(20)3)13-24-21(23-4)27-11-9-26(10-12-27)14-18-5-7-19(22)8-6-18/h5-8,15H,9-14H2,1-4H3,(H,23,24). The lowest BCUT2D eigenvalue weighted by Crippen LogP contribution is -2.52. The molecule has 0 radical (unpaired) electrons. The van der Waals surface area contributed by atoms with Gasteiger partial charge in [0.15, 0.2) is 5.96 Å². The predicted octanol–water partition coefficient (Wildman–Crippen LogP) is 3.44. The van der Waals surface area contributed by atoms with E-state index in [1.54, 1.807) is 0 Å². The van der Waals surface area contributed by atoms with Gasteiger partial charge < -0.3 is 14.7 Å². The average Bonchev–Trinajstić information content (AvgIpc) is 3.03. The first-order chi connectivity index (χ1) is 13.5. The van der Waals surface area contributed by atoms with Crippen LogP contribution in [0.25, 0.3) is 0 Å². The van der Waals surface area contributed by atoms with Crippen molar-refractivity contribution in [3.05, 3.63) is 51.9 Å². The molecule has 0 aliphatic carbocycles. The number of nitrogens with one attached hydrogen (secondary N) is 1. The maximum absolute atomic E-state index is 5.98. The van der Waals surface area contributed by atoms with E-state index in [1.165, 1.54) is 11.1 Å². The Labute approximate surface area is 172 Å². The van der Waals surface area contributed by atoms with Crippen LogP contribution >= 0.6 is 11.6 Å². The third-order valence-electron chi connectivity index (χ3n) is 5.35. The Morgan fingerprint density at radius 3 is 2.46 bits per heavy atom. The van der Waals surface area contributed by atoms with Gasteiger partial charge in [0.2, 0.25) is 0 Å². The van der Waals surface area contributed by atoms with Crippen molar-refractivity contribution in [3.63, 3.8) is 0 Å². The lowest BCUT2D eigenvalue weighted by Gasteiger charge is -2.36. The molecule has 0 saturated carbocycles. The molecule has 0 spiro atoms. The molecular weight excluding hydrogens is 374 g/mol. The smallest absolute Gasteiger partial charge is 0.193 e. The first-order valence-corrected chi connectivity index (χ1v) is 10.2. The van der Waals surface area contributed by atoms with Crippen molar-refractivity contribution in [1.82, 2.24) is 20.3 Å². The first-order valence-electron chi connectivity index (χ1n) is 9.83. The monoisotopic (exact) mass is 403 g/mol. The second-order valence-corrected chi connectivity index (χ2v) is 7.89. The molecule has 1 fully saturated rings. The van der Waals surface area contributed by atoms with Gasteiger partial charge in [0.1, 0.15) is 5.76 Å². The average molecular weight is 404 g/mol. The summed E-state index contributed by atoms with van der Waals surface area (Å²) in [6.45, 7) is 11.9. The number of aromatic nitrogens is 1. The Morgan fingerprint density at radius 1 is 1.21 bits per heavy atom. The summed E-state index contributed by atoms with van der Waals surface area (Å²) >= 11 is 5.98. The number of hydrogen-bond donors (Lipinski definition) is 1. The number of piperazine rings is 1. The fourth-order valence-electron chi connectivity index (χ4n) is 3.84. The summed E-state index contributed by atoms with van der Waals surface area (Å²) in [6.07, 6.45) is 0. The van der Waals surface area contributed by atoms with Gasteiger partial charge >= 0.3 is 0 Å². The van der Waals surface area contributed by atoms with Crippen LogP contribution in [0.3, 0.4) is 0 Å². The van der Waals surface area contributed by atoms with E-state index in [0.29, 0.717) is 5.92 Å². The molecule has 2 heterocycles. The van der Waals surface area contributed by atoms with E-state index in [4.69, 9.17) is 16.1 Å². The molecule has 1 aromatic heterocycles. The van der Waals surface area contributed by atoms with E-state index in [9.17, 15) is 0 Å². The van der Waals surface area contributed by atoms with Gasteiger partial charge in [0, 0.05) is 62.8 Å². The highest BCUT2D eigenvalue weighted by molar-refractivity contribution is 6.30. The largest absolute Gasteiger partial charge is 0.361 e. The van der Waals surface area contributed by atoms with E-state index in [2.05, 4.69) is 44.3 Å². The molecule has 1 unspecified atom stereocenters. The van der Waals surface area contributed by atoms with Gasteiger partial charge in [0.05, 0.1) is 5.69 Å². The molecular formula is C21H30ClN5O. The van der Waals surface area contributed by atoms with Gasteiger partial charge in [0.25, 0.3) is 0 Å². The fraction of sp³-hybridized carbons (Fsp3) is 0.524. The van der Waals surface area contributed by atoms with Crippen LogP contribution in [0, 0.1) is 13.8 Å². The molecule has 7 heteroatoms. The minimum Gasteiger partial charge on any atom is -0.361 e. The minimum atomic E-state index is 0.314. The van der Waals surface area contributed by atoms with Gasteiger partial charge in [-0.15, -0.1) is 0 Å². The second-order valence-electron chi connectivity index (χ2n) is 7.46. The minimum absolute atomic E-state index is 0.314. The molecule has 1 aliphatic rings. The number of aryl methyl sites for hydroxylation is 2. The Morgan fingerprint density at radius 2 is 1.89 bits per heavy atom. The van der Waals surface area contributed by atoms with Crippen LogP contribution < -0.4 is 5.32 Å². The maximum Gasteiger partial charge on any atom is 0.193 e. The third kappa shape index (κ3) is 5.06. The van der Waals surface area contributed by atoms with Crippen LogP contribution in [-0.4, -0.2) is 60.7 Å². The van der Waals surface area contributed by atoms with Crippen molar-refractivity contribution < 1.29 is 4.52 Å². The summed E-state index contributed by atoms with van der Waals surface area (Å²) in [6, 6.07) is 8.12. The molecule has 1 aliphatic heterocycles. The number of hydrogen-bond acceptors (Lipinski definition) is 4. The van der Waals surface area contributed by atoms with Crippen molar-refractivity contribution in [2.45, 2.75) is 33.2 Å². The summed E-state index contributed by atoms with van der Waals surface area (Å²) < 4.78 is 5.30. The van der Waals surface area contributed by atoms with E-state index in [1.807, 2.05) is 33.0 Å². The van der Waals surface area contributed by atoms with E-state index in [0.717, 1.165) is 61.7 Å². The van der Waals surface area contributed by atoms with Crippen LogP contribution in [0.4, 0.5) is 0 Å². The van der Waals surface area contributed by atoms with Crippen molar-refractivity contribution in [2.75, 3.05) is 39.8 Å². The molecule has 152 valence electrons. The zero-order chi connectivity index (χ0) is 20.1. The van der Waals surface area contributed by atoms with Crippen molar-refractivity contribution in [1.29, 1.82) is 0 Å². The van der Waals surface area contributed by atoms with Crippen LogP contribution in [-0.2, 0) is 6.54 Å². The molecule has 2 aromatic rings. The van der Waals surface area contributed by atoms with Crippen molar-refractivity contribution in [3.8, 4) is 0 Å². The Bertz CT molecular complexity index is 774. The second kappa shape index (κ2) is 9.43. The van der Waals surface area contributed by atoms with Crippen LogP contribution in [0.15, 0.2) is 33.8 Å². The number of benzene rings is 1. The zero-order valence-electron chi connectivity index (χ0n) is 17.2. The molecule has 0 amide bonds.